The van der Waals surface area contributed by atoms with Gasteiger partial charge in [0, 0.05) is 38.2 Å². The van der Waals surface area contributed by atoms with Crippen molar-refractivity contribution in [3.63, 3.8) is 0 Å². The standard InChI is InChI=1S/C23H27N7O4/c1-27(2)13-17-14-30(26-24-17)18-5-3-16(4-6-18)22-21-19(34-25-22)7-8-29(23(21)32)15-20(31)28-9-11-33-12-10-28/h3-6,14H,7-13,15H2,1-2H3. The summed E-state index contributed by atoms with van der Waals surface area (Å²) in [5, 5.41) is 12.6. The van der Waals surface area contributed by atoms with E-state index in [0.29, 0.717) is 62.8 Å². The summed E-state index contributed by atoms with van der Waals surface area (Å²) < 4.78 is 12.5. The average molecular weight is 466 g/mol. The van der Waals surface area contributed by atoms with Crippen LogP contribution in [0.2, 0.25) is 0 Å². The highest BCUT2D eigenvalue weighted by Gasteiger charge is 2.34. The van der Waals surface area contributed by atoms with E-state index in [1.807, 2.05) is 49.5 Å². The third-order valence-corrected chi connectivity index (χ3v) is 5.99. The van der Waals surface area contributed by atoms with E-state index in [1.54, 1.807) is 14.5 Å². The first-order chi connectivity index (χ1) is 16.5. The molecule has 11 nitrogen and oxygen atoms in total. The molecule has 2 aromatic heterocycles. The molecule has 1 saturated heterocycles. The van der Waals surface area contributed by atoms with E-state index in [1.165, 1.54) is 0 Å². The normalized spacial score (nSPS) is 16.3. The number of amides is 2. The molecule has 2 aliphatic rings. The van der Waals surface area contributed by atoms with E-state index in [-0.39, 0.29) is 18.4 Å². The predicted octanol–water partition coefficient (Wildman–Crippen LogP) is 0.841. The number of ether oxygens (including phenoxy) is 1. The molecule has 5 rings (SSSR count). The van der Waals surface area contributed by atoms with Crippen LogP contribution < -0.4 is 0 Å². The second-order valence-corrected chi connectivity index (χ2v) is 8.74. The molecule has 0 bridgehead atoms. The fourth-order valence-electron chi connectivity index (χ4n) is 4.23. The topological polar surface area (TPSA) is 110 Å². The summed E-state index contributed by atoms with van der Waals surface area (Å²) in [6.07, 6.45) is 2.41. The maximum Gasteiger partial charge on any atom is 0.260 e. The summed E-state index contributed by atoms with van der Waals surface area (Å²) in [7, 11) is 3.96. The highest BCUT2D eigenvalue weighted by atomic mass is 16.5. The van der Waals surface area contributed by atoms with Crippen LogP contribution in [0.4, 0.5) is 0 Å². The maximum atomic E-state index is 13.3. The van der Waals surface area contributed by atoms with Gasteiger partial charge >= 0.3 is 0 Å². The number of hydrogen-bond donors (Lipinski definition) is 0. The quantitative estimate of drug-likeness (QED) is 0.527. The zero-order valence-corrected chi connectivity index (χ0v) is 19.3. The van der Waals surface area contributed by atoms with Gasteiger partial charge in [0.2, 0.25) is 5.91 Å². The van der Waals surface area contributed by atoms with Crippen LogP contribution in [0.5, 0.6) is 0 Å². The number of aromatic nitrogens is 4. The van der Waals surface area contributed by atoms with E-state index in [9.17, 15) is 9.59 Å². The number of carbonyl (C=O) groups is 2. The van der Waals surface area contributed by atoms with Gasteiger partial charge in [-0.2, -0.15) is 0 Å². The van der Waals surface area contributed by atoms with Gasteiger partial charge in [-0.05, 0) is 26.2 Å². The van der Waals surface area contributed by atoms with Crippen molar-refractivity contribution in [1.29, 1.82) is 0 Å². The number of hydrogen-bond acceptors (Lipinski definition) is 8. The van der Waals surface area contributed by atoms with Gasteiger partial charge in [0.05, 0.1) is 30.8 Å². The Bertz CT molecular complexity index is 1180. The number of fused-ring (bicyclic) bond motifs is 1. The van der Waals surface area contributed by atoms with Crippen LogP contribution in [0, 0.1) is 0 Å². The molecular weight excluding hydrogens is 438 g/mol. The Labute approximate surface area is 196 Å². The Morgan fingerprint density at radius 3 is 2.62 bits per heavy atom. The Morgan fingerprint density at radius 1 is 1.12 bits per heavy atom. The van der Waals surface area contributed by atoms with Crippen LogP contribution in [0.3, 0.4) is 0 Å². The highest BCUT2D eigenvalue weighted by Crippen LogP contribution is 2.30. The summed E-state index contributed by atoms with van der Waals surface area (Å²) in [6, 6.07) is 7.56. The molecule has 2 amide bonds. The van der Waals surface area contributed by atoms with Crippen LogP contribution in [-0.2, 0) is 22.5 Å². The summed E-state index contributed by atoms with van der Waals surface area (Å²) in [4.78, 5) is 31.3. The number of benzene rings is 1. The first kappa shape index (κ1) is 22.2. The minimum Gasteiger partial charge on any atom is -0.378 e. The van der Waals surface area contributed by atoms with Crippen molar-refractivity contribution in [2.75, 3.05) is 53.5 Å². The average Bonchev–Trinajstić information content (AvgIpc) is 3.49. The van der Waals surface area contributed by atoms with Crippen molar-refractivity contribution in [2.24, 2.45) is 0 Å². The molecular formula is C23H27N7O4. The SMILES string of the molecule is CN(C)Cc1cn(-c2ccc(-c3noc4c3C(=O)N(CC(=O)N3CCOCC3)CC4)cc2)nn1. The van der Waals surface area contributed by atoms with Crippen molar-refractivity contribution < 1.29 is 18.8 Å². The molecule has 11 heteroatoms. The molecule has 0 N–H and O–H groups in total. The van der Waals surface area contributed by atoms with Crippen molar-refractivity contribution >= 4 is 11.8 Å². The molecule has 0 aliphatic carbocycles. The Kier molecular flexibility index (Phi) is 6.12. The number of rotatable bonds is 6. The van der Waals surface area contributed by atoms with Crippen molar-refractivity contribution in [2.45, 2.75) is 13.0 Å². The number of nitrogens with zero attached hydrogens (tertiary/aromatic N) is 7. The summed E-state index contributed by atoms with van der Waals surface area (Å²) >= 11 is 0. The Hall–Kier alpha value is -3.57. The molecule has 178 valence electrons. The lowest BCUT2D eigenvalue weighted by molar-refractivity contribution is -0.136. The van der Waals surface area contributed by atoms with Gasteiger partial charge in [-0.15, -0.1) is 5.10 Å². The minimum atomic E-state index is -0.229. The molecule has 4 heterocycles. The second kappa shape index (κ2) is 9.35. The van der Waals surface area contributed by atoms with Gasteiger partial charge in [-0.25, -0.2) is 4.68 Å². The monoisotopic (exact) mass is 465 g/mol. The third kappa shape index (κ3) is 4.44. The molecule has 1 aromatic carbocycles. The summed E-state index contributed by atoms with van der Waals surface area (Å²) in [5.74, 6) is 0.264. The van der Waals surface area contributed by atoms with Gasteiger partial charge in [-0.3, -0.25) is 9.59 Å². The number of morpholine rings is 1. The largest absolute Gasteiger partial charge is 0.378 e. The molecule has 0 saturated carbocycles. The van der Waals surface area contributed by atoms with Gasteiger partial charge in [-0.1, -0.05) is 22.5 Å². The lowest BCUT2D eigenvalue weighted by Gasteiger charge is -2.31. The minimum absolute atomic E-state index is 0.0451. The van der Waals surface area contributed by atoms with Crippen molar-refractivity contribution in [1.82, 2.24) is 34.9 Å². The molecule has 0 unspecified atom stereocenters. The summed E-state index contributed by atoms with van der Waals surface area (Å²) in [5.41, 5.74) is 3.40. The van der Waals surface area contributed by atoms with E-state index >= 15 is 0 Å². The zero-order chi connectivity index (χ0) is 23.7. The second-order valence-electron chi connectivity index (χ2n) is 8.74. The molecule has 34 heavy (non-hydrogen) atoms. The fraction of sp³-hybridized carbons (Fsp3) is 0.435. The van der Waals surface area contributed by atoms with Crippen LogP contribution in [0.25, 0.3) is 16.9 Å². The predicted molar refractivity (Wildman–Crippen MR) is 121 cm³/mol. The van der Waals surface area contributed by atoms with Crippen LogP contribution in [-0.4, -0.2) is 100 Å². The van der Waals surface area contributed by atoms with E-state index < -0.39 is 0 Å². The highest BCUT2D eigenvalue weighted by molar-refractivity contribution is 6.03. The zero-order valence-electron chi connectivity index (χ0n) is 19.3. The van der Waals surface area contributed by atoms with E-state index in [4.69, 9.17) is 9.26 Å². The van der Waals surface area contributed by atoms with Crippen molar-refractivity contribution in [3.8, 4) is 16.9 Å². The Balaban J connectivity index is 1.33. The molecule has 2 aliphatic heterocycles. The third-order valence-electron chi connectivity index (χ3n) is 5.99. The fourth-order valence-corrected chi connectivity index (χ4v) is 4.23. The van der Waals surface area contributed by atoms with E-state index in [2.05, 4.69) is 15.5 Å². The molecule has 3 aromatic rings. The lowest BCUT2D eigenvalue weighted by atomic mass is 10.0. The molecule has 0 radical (unpaired) electrons. The molecule has 0 atom stereocenters. The van der Waals surface area contributed by atoms with Gasteiger partial charge in [0.25, 0.3) is 5.91 Å². The van der Waals surface area contributed by atoms with Gasteiger partial charge < -0.3 is 24.0 Å². The lowest BCUT2D eigenvalue weighted by Crippen LogP contribution is -2.48. The Morgan fingerprint density at radius 2 is 1.88 bits per heavy atom. The van der Waals surface area contributed by atoms with Crippen LogP contribution in [0.15, 0.2) is 35.0 Å². The first-order valence-electron chi connectivity index (χ1n) is 11.3. The van der Waals surface area contributed by atoms with Crippen LogP contribution in [0.1, 0.15) is 21.8 Å². The molecule has 0 spiro atoms. The number of carbonyl (C=O) groups excluding carboxylic acids is 2. The van der Waals surface area contributed by atoms with E-state index in [0.717, 1.165) is 16.9 Å². The van der Waals surface area contributed by atoms with Crippen molar-refractivity contribution in [3.05, 3.63) is 47.5 Å². The molecule has 1 fully saturated rings. The summed E-state index contributed by atoms with van der Waals surface area (Å²) in [6.45, 7) is 3.34. The first-order valence-corrected chi connectivity index (χ1v) is 11.3. The maximum absolute atomic E-state index is 13.3. The van der Waals surface area contributed by atoms with Gasteiger partial charge in [0.15, 0.2) is 5.76 Å². The van der Waals surface area contributed by atoms with Crippen LogP contribution >= 0.6 is 0 Å². The smallest absolute Gasteiger partial charge is 0.260 e. The van der Waals surface area contributed by atoms with Gasteiger partial charge in [0.1, 0.15) is 17.8 Å².